The lowest BCUT2D eigenvalue weighted by Crippen LogP contribution is -2.18. The van der Waals surface area contributed by atoms with E-state index in [-0.39, 0.29) is 0 Å². The summed E-state index contributed by atoms with van der Waals surface area (Å²) in [6, 6.07) is 13.8. The third-order valence-electron chi connectivity index (χ3n) is 3.48. The van der Waals surface area contributed by atoms with Crippen molar-refractivity contribution in [1.29, 1.82) is 0 Å². The minimum absolute atomic E-state index is 0.745. The Morgan fingerprint density at radius 3 is 2.50 bits per heavy atom. The van der Waals surface area contributed by atoms with E-state index in [4.69, 9.17) is 21.1 Å². The van der Waals surface area contributed by atoms with E-state index in [2.05, 4.69) is 10.0 Å². The Morgan fingerprint density at radius 2 is 1.79 bits per heavy atom. The smallest absolute Gasteiger partial charge is 0.127 e. The summed E-state index contributed by atoms with van der Waals surface area (Å²) in [5.74, 6) is 2.62. The molecule has 0 atom stereocenters. The molecule has 4 nitrogen and oxygen atoms in total. The van der Waals surface area contributed by atoms with Crippen molar-refractivity contribution in [3.05, 3.63) is 58.6 Å². The molecule has 0 bridgehead atoms. The first-order valence-corrected chi connectivity index (χ1v) is 9.10. The highest BCUT2D eigenvalue weighted by atomic mass is 35.5. The molecule has 2 aromatic carbocycles. The van der Waals surface area contributed by atoms with E-state index < -0.39 is 0 Å². The summed E-state index contributed by atoms with van der Waals surface area (Å²) in [7, 11) is 3.33. The van der Waals surface area contributed by atoms with Gasteiger partial charge in [0.15, 0.2) is 0 Å². The third-order valence-corrected chi connectivity index (χ3v) is 4.49. The Hall–Kier alpha value is -1.40. The van der Waals surface area contributed by atoms with Gasteiger partial charge < -0.3 is 14.8 Å². The van der Waals surface area contributed by atoms with Crippen LogP contribution in [-0.4, -0.2) is 26.5 Å². The van der Waals surface area contributed by atoms with Crippen LogP contribution >= 0.6 is 23.5 Å². The van der Waals surface area contributed by atoms with Crippen LogP contribution in [0.3, 0.4) is 0 Å². The van der Waals surface area contributed by atoms with Gasteiger partial charge >= 0.3 is 0 Å². The lowest BCUT2D eigenvalue weighted by Gasteiger charge is -2.11. The standard InChI is InChI=1S/C18H23ClN2O2S/c1-22-17-8-5-15(18(11-17)23-2)13-21-24-10-9-20-12-14-3-6-16(19)7-4-14/h3-8,11,20-21H,9-10,12-13H2,1-2H3. The zero-order valence-electron chi connectivity index (χ0n) is 14.0. The molecular formula is C18H23ClN2O2S. The summed E-state index contributed by atoms with van der Waals surface area (Å²) in [5, 5.41) is 4.18. The number of methoxy groups -OCH3 is 2. The van der Waals surface area contributed by atoms with Crippen LogP contribution in [0.25, 0.3) is 0 Å². The monoisotopic (exact) mass is 366 g/mol. The first kappa shape index (κ1) is 18.9. The van der Waals surface area contributed by atoms with Gasteiger partial charge in [0.2, 0.25) is 0 Å². The SMILES string of the molecule is COc1ccc(CNSCCNCc2ccc(Cl)cc2)c(OC)c1. The minimum atomic E-state index is 0.745. The van der Waals surface area contributed by atoms with E-state index in [1.165, 1.54) is 5.56 Å². The molecule has 24 heavy (non-hydrogen) atoms. The molecule has 0 heterocycles. The Morgan fingerprint density at radius 1 is 1.00 bits per heavy atom. The molecule has 2 rings (SSSR count). The predicted octanol–water partition coefficient (Wildman–Crippen LogP) is 3.88. The molecule has 0 aliphatic carbocycles. The molecule has 0 radical (unpaired) electrons. The largest absolute Gasteiger partial charge is 0.497 e. The molecule has 0 aliphatic heterocycles. The van der Waals surface area contributed by atoms with E-state index in [1.807, 2.05) is 42.5 Å². The maximum absolute atomic E-state index is 5.87. The van der Waals surface area contributed by atoms with Gasteiger partial charge in [0, 0.05) is 42.0 Å². The van der Waals surface area contributed by atoms with Crippen molar-refractivity contribution in [2.75, 3.05) is 26.5 Å². The van der Waals surface area contributed by atoms with Crippen molar-refractivity contribution in [3.8, 4) is 11.5 Å². The van der Waals surface area contributed by atoms with Crippen LogP contribution in [0, 0.1) is 0 Å². The summed E-state index contributed by atoms with van der Waals surface area (Å²) in [5.41, 5.74) is 2.35. The van der Waals surface area contributed by atoms with Gasteiger partial charge in [0.05, 0.1) is 14.2 Å². The zero-order valence-corrected chi connectivity index (χ0v) is 15.5. The van der Waals surface area contributed by atoms with Gasteiger partial charge in [0.1, 0.15) is 11.5 Å². The van der Waals surface area contributed by atoms with Crippen LogP contribution in [0.1, 0.15) is 11.1 Å². The number of ether oxygens (including phenoxy) is 2. The molecule has 0 aliphatic rings. The number of rotatable bonds is 10. The molecule has 0 saturated carbocycles. The fourth-order valence-electron chi connectivity index (χ4n) is 2.16. The van der Waals surface area contributed by atoms with E-state index >= 15 is 0 Å². The van der Waals surface area contributed by atoms with E-state index in [0.717, 1.165) is 47.5 Å². The van der Waals surface area contributed by atoms with Crippen molar-refractivity contribution in [2.45, 2.75) is 13.1 Å². The van der Waals surface area contributed by atoms with Gasteiger partial charge in [-0.3, -0.25) is 4.72 Å². The maximum Gasteiger partial charge on any atom is 0.127 e. The van der Waals surface area contributed by atoms with Crippen molar-refractivity contribution >= 4 is 23.5 Å². The topological polar surface area (TPSA) is 42.5 Å². The summed E-state index contributed by atoms with van der Waals surface area (Å²) in [6.07, 6.45) is 0. The zero-order chi connectivity index (χ0) is 17.2. The van der Waals surface area contributed by atoms with Crippen molar-refractivity contribution < 1.29 is 9.47 Å². The third kappa shape index (κ3) is 6.24. The van der Waals surface area contributed by atoms with Crippen LogP contribution in [-0.2, 0) is 13.1 Å². The van der Waals surface area contributed by atoms with E-state index in [1.54, 1.807) is 26.2 Å². The van der Waals surface area contributed by atoms with Crippen molar-refractivity contribution in [3.63, 3.8) is 0 Å². The molecule has 0 unspecified atom stereocenters. The quantitative estimate of drug-likeness (QED) is 0.493. The minimum Gasteiger partial charge on any atom is -0.497 e. The van der Waals surface area contributed by atoms with E-state index in [9.17, 15) is 0 Å². The molecule has 130 valence electrons. The van der Waals surface area contributed by atoms with Gasteiger partial charge in [-0.2, -0.15) is 0 Å². The number of hydrogen-bond donors (Lipinski definition) is 2. The summed E-state index contributed by atoms with van der Waals surface area (Å²) >= 11 is 7.57. The lowest BCUT2D eigenvalue weighted by atomic mass is 10.2. The molecule has 6 heteroatoms. The number of hydrogen-bond acceptors (Lipinski definition) is 5. The molecule has 0 spiro atoms. The Balaban J connectivity index is 1.62. The average Bonchev–Trinajstić information content (AvgIpc) is 2.62. The van der Waals surface area contributed by atoms with Gasteiger partial charge in [0.25, 0.3) is 0 Å². The van der Waals surface area contributed by atoms with Gasteiger partial charge in [-0.05, 0) is 23.8 Å². The molecule has 2 aromatic rings. The van der Waals surface area contributed by atoms with Crippen LogP contribution in [0.2, 0.25) is 5.02 Å². The highest BCUT2D eigenvalue weighted by Gasteiger charge is 2.04. The van der Waals surface area contributed by atoms with Gasteiger partial charge in [-0.1, -0.05) is 41.7 Å². The Bertz CT molecular complexity index is 623. The number of halogens is 1. The van der Waals surface area contributed by atoms with Gasteiger partial charge in [-0.25, -0.2) is 0 Å². The Kier molecular flexibility index (Phi) is 8.25. The second kappa shape index (κ2) is 10.5. The molecule has 0 fully saturated rings. The first-order chi connectivity index (χ1) is 11.7. The second-order valence-corrected chi connectivity index (χ2v) is 6.57. The average molecular weight is 367 g/mol. The van der Waals surface area contributed by atoms with Crippen LogP contribution in [0.4, 0.5) is 0 Å². The fraction of sp³-hybridized carbons (Fsp3) is 0.333. The van der Waals surface area contributed by atoms with E-state index in [0.29, 0.717) is 0 Å². The fourth-order valence-corrected chi connectivity index (χ4v) is 2.93. The highest BCUT2D eigenvalue weighted by Crippen LogP contribution is 2.24. The van der Waals surface area contributed by atoms with Gasteiger partial charge in [-0.15, -0.1) is 0 Å². The first-order valence-electron chi connectivity index (χ1n) is 7.73. The molecule has 0 amide bonds. The molecular weight excluding hydrogens is 344 g/mol. The molecule has 2 N–H and O–H groups in total. The van der Waals surface area contributed by atoms with Crippen molar-refractivity contribution in [1.82, 2.24) is 10.0 Å². The summed E-state index contributed by atoms with van der Waals surface area (Å²) < 4.78 is 14.0. The Labute approximate surface area is 153 Å². The predicted molar refractivity (Wildman–Crippen MR) is 102 cm³/mol. The van der Waals surface area contributed by atoms with Crippen LogP contribution in [0.5, 0.6) is 11.5 Å². The number of benzene rings is 2. The lowest BCUT2D eigenvalue weighted by molar-refractivity contribution is 0.391. The molecule has 0 saturated heterocycles. The van der Waals surface area contributed by atoms with Crippen LogP contribution < -0.4 is 19.5 Å². The second-order valence-electron chi connectivity index (χ2n) is 5.15. The summed E-state index contributed by atoms with van der Waals surface area (Å²) in [4.78, 5) is 0. The molecule has 0 aromatic heterocycles. The number of nitrogens with one attached hydrogen (secondary N) is 2. The maximum atomic E-state index is 5.87. The summed E-state index contributed by atoms with van der Waals surface area (Å²) in [6.45, 7) is 2.53. The normalized spacial score (nSPS) is 10.6. The highest BCUT2D eigenvalue weighted by molar-refractivity contribution is 7.97. The van der Waals surface area contributed by atoms with Crippen molar-refractivity contribution in [2.24, 2.45) is 0 Å². The van der Waals surface area contributed by atoms with Crippen LogP contribution in [0.15, 0.2) is 42.5 Å².